The fourth-order valence-electron chi connectivity index (χ4n) is 7.57. The Kier molecular flexibility index (Phi) is 5.62. The van der Waals surface area contributed by atoms with E-state index in [9.17, 15) is 23.1 Å². The van der Waals surface area contributed by atoms with E-state index in [-0.39, 0.29) is 45.3 Å². The molecule has 0 spiro atoms. The summed E-state index contributed by atoms with van der Waals surface area (Å²) in [4.78, 5) is 24.8. The predicted molar refractivity (Wildman–Crippen MR) is 124 cm³/mol. The van der Waals surface area contributed by atoms with Crippen LogP contribution in [-0.4, -0.2) is 44.8 Å². The summed E-state index contributed by atoms with van der Waals surface area (Å²) < 4.78 is 31.7. The van der Waals surface area contributed by atoms with Gasteiger partial charge in [0.05, 0.1) is 17.8 Å². The van der Waals surface area contributed by atoms with E-state index in [1.807, 2.05) is 0 Å². The molecule has 182 valence electrons. The molecule has 7 nitrogen and oxygen atoms in total. The predicted octanol–water partition coefficient (Wildman–Crippen LogP) is 3.58. The summed E-state index contributed by atoms with van der Waals surface area (Å²) in [5.74, 6) is -1.18. The molecule has 2 aliphatic carbocycles. The first kappa shape index (κ1) is 24.0. The number of fused-ring (bicyclic) bond motifs is 5. The van der Waals surface area contributed by atoms with Crippen molar-refractivity contribution in [2.45, 2.75) is 70.1 Å². The Bertz CT molecular complexity index is 1110. The van der Waals surface area contributed by atoms with Gasteiger partial charge in [-0.25, -0.2) is 8.42 Å². The standard InChI is InChI=1S/C25H35NO6S/c1-23(2)8-6-9-24(3)18(23)7-10-25(4)19(24)14-33(30,31)17-12-15(27)11-16(21(17)25)22(29)26-13-20(28)32-5/h11-12,18-19,27H,6-10,13-14H2,1-5H3,(H,26,29)/t18-,19+,24-,25+/m0/s1. The SMILES string of the molecule is COC(=O)CNC(=O)c1cc(O)cc2c1[C@]1(C)CC[C@H]3C(C)(C)CCC[C@]3(C)[C@H]1CS2(=O)=O. The number of methoxy groups -OCH3 is 1. The molecule has 33 heavy (non-hydrogen) atoms. The van der Waals surface area contributed by atoms with Crippen molar-refractivity contribution in [3.05, 3.63) is 23.3 Å². The molecule has 2 fully saturated rings. The summed E-state index contributed by atoms with van der Waals surface area (Å²) in [6.45, 7) is 8.60. The quantitative estimate of drug-likeness (QED) is 0.644. The average Bonchev–Trinajstić information content (AvgIpc) is 2.72. The Morgan fingerprint density at radius 1 is 1.12 bits per heavy atom. The number of rotatable bonds is 3. The maximum atomic E-state index is 13.6. The van der Waals surface area contributed by atoms with E-state index < -0.39 is 27.1 Å². The maximum Gasteiger partial charge on any atom is 0.325 e. The second-order valence-corrected chi connectivity index (χ2v) is 13.3. The van der Waals surface area contributed by atoms with Crippen molar-refractivity contribution in [2.75, 3.05) is 19.4 Å². The van der Waals surface area contributed by atoms with Gasteiger partial charge in [0.25, 0.3) is 5.91 Å². The third kappa shape index (κ3) is 3.65. The van der Waals surface area contributed by atoms with Gasteiger partial charge in [-0.1, -0.05) is 34.1 Å². The zero-order valence-electron chi connectivity index (χ0n) is 20.2. The van der Waals surface area contributed by atoms with Gasteiger partial charge in [-0.15, -0.1) is 0 Å². The molecular formula is C25H35NO6S. The van der Waals surface area contributed by atoms with E-state index in [4.69, 9.17) is 0 Å². The molecule has 1 aliphatic heterocycles. The molecule has 0 saturated heterocycles. The van der Waals surface area contributed by atoms with Crippen molar-refractivity contribution >= 4 is 21.7 Å². The number of carbonyl (C=O) groups excluding carboxylic acids is 2. The van der Waals surface area contributed by atoms with Crippen LogP contribution in [-0.2, 0) is 24.8 Å². The van der Waals surface area contributed by atoms with Gasteiger partial charge in [-0.2, -0.15) is 0 Å². The Labute approximate surface area is 196 Å². The minimum atomic E-state index is -3.72. The molecule has 1 aromatic carbocycles. The van der Waals surface area contributed by atoms with Gasteiger partial charge in [-0.3, -0.25) is 9.59 Å². The lowest BCUT2D eigenvalue weighted by Gasteiger charge is -2.64. The largest absolute Gasteiger partial charge is 0.508 e. The highest BCUT2D eigenvalue weighted by atomic mass is 32.2. The van der Waals surface area contributed by atoms with Gasteiger partial charge in [0, 0.05) is 5.56 Å². The number of esters is 1. The molecule has 1 aromatic rings. The molecule has 0 bridgehead atoms. The molecule has 2 N–H and O–H groups in total. The zero-order chi connectivity index (χ0) is 24.4. The van der Waals surface area contributed by atoms with Crippen LogP contribution in [0.1, 0.15) is 75.7 Å². The van der Waals surface area contributed by atoms with Crippen molar-refractivity contribution < 1.29 is 27.9 Å². The van der Waals surface area contributed by atoms with E-state index in [1.165, 1.54) is 19.2 Å². The molecule has 0 radical (unpaired) electrons. The molecule has 0 unspecified atom stereocenters. The number of benzene rings is 1. The minimum absolute atomic E-state index is 0.0201. The Hall–Kier alpha value is -2.09. The maximum absolute atomic E-state index is 13.6. The van der Waals surface area contributed by atoms with E-state index in [2.05, 4.69) is 37.7 Å². The molecule has 3 aliphatic rings. The smallest absolute Gasteiger partial charge is 0.325 e. The summed E-state index contributed by atoms with van der Waals surface area (Å²) in [5.41, 5.74) is 0.0414. The number of phenols is 1. The van der Waals surface area contributed by atoms with Gasteiger partial charge in [0.15, 0.2) is 9.84 Å². The van der Waals surface area contributed by atoms with Crippen molar-refractivity contribution in [2.24, 2.45) is 22.7 Å². The number of phenolic OH excluding ortho intramolecular Hbond substituents is 1. The lowest BCUT2D eigenvalue weighted by molar-refractivity contribution is -0.139. The normalized spacial score (nSPS) is 33.7. The molecule has 0 aromatic heterocycles. The van der Waals surface area contributed by atoms with Gasteiger partial charge >= 0.3 is 5.97 Å². The third-order valence-electron chi connectivity index (χ3n) is 9.04. The Morgan fingerprint density at radius 2 is 1.82 bits per heavy atom. The summed E-state index contributed by atoms with van der Waals surface area (Å²) in [6.07, 6.45) is 4.89. The fraction of sp³-hybridized carbons (Fsp3) is 0.680. The number of amides is 1. The topological polar surface area (TPSA) is 110 Å². The number of aromatic hydroxyl groups is 1. The first-order valence-corrected chi connectivity index (χ1v) is 13.4. The minimum Gasteiger partial charge on any atom is -0.508 e. The van der Waals surface area contributed by atoms with Crippen molar-refractivity contribution in [1.82, 2.24) is 5.32 Å². The summed E-state index contributed by atoms with van der Waals surface area (Å²) in [6, 6.07) is 2.61. The van der Waals surface area contributed by atoms with Crippen LogP contribution in [0, 0.1) is 22.7 Å². The summed E-state index contributed by atoms with van der Waals surface area (Å²) >= 11 is 0. The van der Waals surface area contributed by atoms with Crippen LogP contribution >= 0.6 is 0 Å². The van der Waals surface area contributed by atoms with E-state index >= 15 is 0 Å². The lowest BCUT2D eigenvalue weighted by Crippen LogP contribution is -2.60. The molecule has 1 heterocycles. The van der Waals surface area contributed by atoms with Gasteiger partial charge in [0.1, 0.15) is 12.3 Å². The van der Waals surface area contributed by atoms with Crippen LogP contribution < -0.4 is 5.32 Å². The number of hydrogen-bond donors (Lipinski definition) is 2. The summed E-state index contributed by atoms with van der Waals surface area (Å²) in [7, 11) is -2.49. The molecule has 2 saturated carbocycles. The number of sulfone groups is 1. The van der Waals surface area contributed by atoms with Crippen LogP contribution in [0.4, 0.5) is 0 Å². The second kappa shape index (κ2) is 7.72. The molecular weight excluding hydrogens is 442 g/mol. The number of hydrogen-bond acceptors (Lipinski definition) is 6. The van der Waals surface area contributed by atoms with E-state index in [0.29, 0.717) is 11.5 Å². The summed E-state index contributed by atoms with van der Waals surface area (Å²) in [5, 5.41) is 12.9. The van der Waals surface area contributed by atoms with Crippen LogP contribution in [0.3, 0.4) is 0 Å². The fourth-order valence-corrected chi connectivity index (χ4v) is 9.89. The first-order valence-electron chi connectivity index (χ1n) is 11.7. The third-order valence-corrected chi connectivity index (χ3v) is 10.8. The van der Waals surface area contributed by atoms with Crippen molar-refractivity contribution in [3.8, 4) is 5.75 Å². The number of nitrogens with one attached hydrogen (secondary N) is 1. The number of carbonyl (C=O) groups is 2. The van der Waals surface area contributed by atoms with Crippen molar-refractivity contribution in [3.63, 3.8) is 0 Å². The number of ether oxygens (including phenoxy) is 1. The highest BCUT2D eigenvalue weighted by Gasteiger charge is 2.62. The highest BCUT2D eigenvalue weighted by molar-refractivity contribution is 7.91. The zero-order valence-corrected chi connectivity index (χ0v) is 21.0. The molecule has 4 rings (SSSR count). The Balaban J connectivity index is 1.88. The van der Waals surface area contributed by atoms with E-state index in [0.717, 1.165) is 32.1 Å². The highest BCUT2D eigenvalue weighted by Crippen LogP contribution is 2.66. The average molecular weight is 478 g/mol. The first-order chi connectivity index (χ1) is 15.3. The van der Waals surface area contributed by atoms with Gasteiger partial charge in [-0.05, 0) is 71.5 Å². The second-order valence-electron chi connectivity index (χ2n) is 11.3. The van der Waals surface area contributed by atoms with Crippen LogP contribution in [0.5, 0.6) is 5.75 Å². The van der Waals surface area contributed by atoms with Crippen LogP contribution in [0.25, 0.3) is 0 Å². The van der Waals surface area contributed by atoms with E-state index in [1.54, 1.807) is 0 Å². The van der Waals surface area contributed by atoms with Gasteiger partial charge < -0.3 is 15.2 Å². The van der Waals surface area contributed by atoms with Crippen LogP contribution in [0.15, 0.2) is 17.0 Å². The molecule has 1 amide bonds. The lowest BCUT2D eigenvalue weighted by atomic mass is 9.42. The van der Waals surface area contributed by atoms with Crippen molar-refractivity contribution in [1.29, 1.82) is 0 Å². The van der Waals surface area contributed by atoms with Crippen LogP contribution in [0.2, 0.25) is 0 Å². The Morgan fingerprint density at radius 3 is 2.48 bits per heavy atom. The molecule has 4 atom stereocenters. The molecule has 8 heteroatoms. The van der Waals surface area contributed by atoms with Gasteiger partial charge in [0.2, 0.25) is 0 Å². The monoisotopic (exact) mass is 477 g/mol.